The maximum atomic E-state index is 5.92. The fraction of sp³-hybridized carbons (Fsp3) is 0.400. The van der Waals surface area contributed by atoms with Crippen molar-refractivity contribution in [2.75, 3.05) is 13.7 Å². The third-order valence-electron chi connectivity index (χ3n) is 4.18. The van der Waals surface area contributed by atoms with Crippen LogP contribution in [0.1, 0.15) is 25.1 Å². The molecule has 0 spiro atoms. The molecule has 3 rings (SSSR count). The topological polar surface area (TPSA) is 63.9 Å². The van der Waals surface area contributed by atoms with Crippen molar-refractivity contribution in [2.45, 2.75) is 24.7 Å². The van der Waals surface area contributed by atoms with Crippen LogP contribution in [-0.2, 0) is 5.41 Å². The van der Waals surface area contributed by atoms with Gasteiger partial charge in [0.1, 0.15) is 11.6 Å². The van der Waals surface area contributed by atoms with Crippen molar-refractivity contribution in [1.82, 2.24) is 9.97 Å². The normalized spacial score (nSPS) is 16.9. The van der Waals surface area contributed by atoms with Crippen LogP contribution in [0.5, 0.6) is 5.75 Å². The quantitative estimate of drug-likeness (QED) is 0.884. The van der Waals surface area contributed by atoms with Gasteiger partial charge in [0.25, 0.3) is 0 Å². The molecule has 1 aromatic heterocycles. The number of methoxy groups -OCH3 is 1. The highest BCUT2D eigenvalue weighted by atomic mass is 16.5. The van der Waals surface area contributed by atoms with Crippen LogP contribution in [0.3, 0.4) is 0 Å². The maximum absolute atomic E-state index is 5.92. The molecular weight excluding hydrogens is 238 g/mol. The Bertz CT molecular complexity index is 567. The number of aromatic nitrogens is 2. The SMILES string of the molecule is COc1ccccc1-c1cnc(C2(CN)CCC2)[nH]1. The van der Waals surface area contributed by atoms with Gasteiger partial charge in [-0.05, 0) is 25.0 Å². The Morgan fingerprint density at radius 1 is 1.37 bits per heavy atom. The lowest BCUT2D eigenvalue weighted by atomic mass is 9.68. The van der Waals surface area contributed by atoms with Gasteiger partial charge in [-0.1, -0.05) is 18.6 Å². The van der Waals surface area contributed by atoms with Crippen LogP contribution >= 0.6 is 0 Å². The summed E-state index contributed by atoms with van der Waals surface area (Å²) in [5.74, 6) is 1.87. The van der Waals surface area contributed by atoms with Gasteiger partial charge in [-0.15, -0.1) is 0 Å². The first-order valence-corrected chi connectivity index (χ1v) is 6.68. The average Bonchev–Trinajstić information content (AvgIpc) is 2.88. The molecule has 1 aliphatic rings. The number of nitrogens with one attached hydrogen (secondary N) is 1. The van der Waals surface area contributed by atoms with E-state index in [0.717, 1.165) is 35.7 Å². The highest BCUT2D eigenvalue weighted by Gasteiger charge is 2.40. The third-order valence-corrected chi connectivity index (χ3v) is 4.18. The third kappa shape index (κ3) is 1.92. The van der Waals surface area contributed by atoms with Crippen molar-refractivity contribution in [1.29, 1.82) is 0 Å². The van der Waals surface area contributed by atoms with E-state index in [4.69, 9.17) is 10.5 Å². The molecule has 100 valence electrons. The van der Waals surface area contributed by atoms with Crippen LogP contribution in [0.4, 0.5) is 0 Å². The van der Waals surface area contributed by atoms with Crippen LogP contribution in [0.25, 0.3) is 11.3 Å². The van der Waals surface area contributed by atoms with E-state index in [1.165, 1.54) is 6.42 Å². The summed E-state index contributed by atoms with van der Waals surface area (Å²) in [6, 6.07) is 7.96. The molecular formula is C15H19N3O. The van der Waals surface area contributed by atoms with Crippen molar-refractivity contribution in [2.24, 2.45) is 5.73 Å². The number of ether oxygens (including phenoxy) is 1. The van der Waals surface area contributed by atoms with E-state index < -0.39 is 0 Å². The minimum absolute atomic E-state index is 0.0697. The lowest BCUT2D eigenvalue weighted by Crippen LogP contribution is -2.42. The van der Waals surface area contributed by atoms with Gasteiger partial charge in [-0.25, -0.2) is 4.98 Å². The van der Waals surface area contributed by atoms with Crippen LogP contribution < -0.4 is 10.5 Å². The summed E-state index contributed by atoms with van der Waals surface area (Å²) in [4.78, 5) is 7.97. The molecule has 1 aliphatic carbocycles. The van der Waals surface area contributed by atoms with Gasteiger partial charge in [0, 0.05) is 17.5 Å². The number of benzene rings is 1. The summed E-state index contributed by atoms with van der Waals surface area (Å²) in [6.07, 6.45) is 5.37. The fourth-order valence-electron chi connectivity index (χ4n) is 2.74. The van der Waals surface area contributed by atoms with Gasteiger partial charge >= 0.3 is 0 Å². The molecule has 0 unspecified atom stereocenters. The van der Waals surface area contributed by atoms with Gasteiger partial charge in [0.05, 0.1) is 19.0 Å². The van der Waals surface area contributed by atoms with E-state index in [1.807, 2.05) is 30.5 Å². The van der Waals surface area contributed by atoms with Crippen molar-refractivity contribution in [3.05, 3.63) is 36.3 Å². The zero-order valence-electron chi connectivity index (χ0n) is 11.1. The summed E-state index contributed by atoms with van der Waals surface area (Å²) >= 11 is 0. The number of imidazole rings is 1. The molecule has 4 heteroatoms. The van der Waals surface area contributed by atoms with Gasteiger partial charge in [-0.3, -0.25) is 0 Å². The standard InChI is InChI=1S/C15H19N3O/c1-19-13-6-3-2-5-11(13)12-9-17-14(18-12)15(10-16)7-4-8-15/h2-3,5-6,9H,4,7-8,10,16H2,1H3,(H,17,18). The molecule has 2 aromatic rings. The van der Waals surface area contributed by atoms with Crippen molar-refractivity contribution < 1.29 is 4.74 Å². The highest BCUT2D eigenvalue weighted by molar-refractivity contribution is 5.66. The Morgan fingerprint density at radius 3 is 2.79 bits per heavy atom. The molecule has 0 atom stereocenters. The number of hydrogen-bond acceptors (Lipinski definition) is 3. The Hall–Kier alpha value is -1.81. The minimum Gasteiger partial charge on any atom is -0.496 e. The van der Waals surface area contributed by atoms with E-state index in [0.29, 0.717) is 6.54 Å². The van der Waals surface area contributed by atoms with Gasteiger partial charge in [0.15, 0.2) is 0 Å². The lowest BCUT2D eigenvalue weighted by Gasteiger charge is -2.39. The molecule has 0 saturated heterocycles. The predicted octanol–water partition coefficient (Wildman–Crippen LogP) is 2.47. The van der Waals surface area contributed by atoms with Crippen LogP contribution in [0.15, 0.2) is 30.5 Å². The van der Waals surface area contributed by atoms with Crippen LogP contribution in [0, 0.1) is 0 Å². The first-order valence-electron chi connectivity index (χ1n) is 6.68. The van der Waals surface area contributed by atoms with E-state index >= 15 is 0 Å². The first kappa shape index (κ1) is 12.2. The monoisotopic (exact) mass is 257 g/mol. The van der Waals surface area contributed by atoms with Crippen LogP contribution in [-0.4, -0.2) is 23.6 Å². The number of hydrogen-bond donors (Lipinski definition) is 2. The smallest absolute Gasteiger partial charge is 0.128 e. The molecule has 0 aliphatic heterocycles. The largest absolute Gasteiger partial charge is 0.496 e. The molecule has 0 bridgehead atoms. The van der Waals surface area contributed by atoms with E-state index in [-0.39, 0.29) is 5.41 Å². The molecule has 1 fully saturated rings. The Kier molecular flexibility index (Phi) is 3.03. The number of H-pyrrole nitrogens is 1. The van der Waals surface area contributed by atoms with Crippen molar-refractivity contribution in [3.8, 4) is 17.0 Å². The van der Waals surface area contributed by atoms with Crippen molar-refractivity contribution >= 4 is 0 Å². The predicted molar refractivity (Wildman–Crippen MR) is 75.2 cm³/mol. The maximum Gasteiger partial charge on any atom is 0.128 e. The van der Waals surface area contributed by atoms with E-state index in [9.17, 15) is 0 Å². The summed E-state index contributed by atoms with van der Waals surface area (Å²) in [5, 5.41) is 0. The van der Waals surface area contributed by atoms with Gasteiger partial charge < -0.3 is 15.5 Å². The molecule has 0 radical (unpaired) electrons. The van der Waals surface area contributed by atoms with Gasteiger partial charge in [-0.2, -0.15) is 0 Å². The zero-order chi connectivity index (χ0) is 13.3. The summed E-state index contributed by atoms with van der Waals surface area (Å²) in [5.41, 5.74) is 8.02. The number of nitrogens with zero attached hydrogens (tertiary/aromatic N) is 1. The molecule has 19 heavy (non-hydrogen) atoms. The Balaban J connectivity index is 1.97. The number of aromatic amines is 1. The summed E-state index contributed by atoms with van der Waals surface area (Å²) in [7, 11) is 1.68. The Morgan fingerprint density at radius 2 is 2.16 bits per heavy atom. The van der Waals surface area contributed by atoms with Gasteiger partial charge in [0.2, 0.25) is 0 Å². The lowest BCUT2D eigenvalue weighted by molar-refractivity contribution is 0.240. The number of rotatable bonds is 4. The highest BCUT2D eigenvalue weighted by Crippen LogP contribution is 2.42. The van der Waals surface area contributed by atoms with E-state index in [2.05, 4.69) is 9.97 Å². The minimum atomic E-state index is 0.0697. The molecule has 1 saturated carbocycles. The second-order valence-electron chi connectivity index (χ2n) is 5.18. The van der Waals surface area contributed by atoms with Crippen molar-refractivity contribution in [3.63, 3.8) is 0 Å². The second-order valence-corrected chi connectivity index (χ2v) is 5.18. The fourth-order valence-corrected chi connectivity index (χ4v) is 2.74. The summed E-state index contributed by atoms with van der Waals surface area (Å²) in [6.45, 7) is 0.659. The average molecular weight is 257 g/mol. The number of para-hydroxylation sites is 1. The second kappa shape index (κ2) is 4.70. The molecule has 3 N–H and O–H groups in total. The Labute approximate surface area is 113 Å². The molecule has 1 aromatic carbocycles. The summed E-state index contributed by atoms with van der Waals surface area (Å²) < 4.78 is 5.39. The number of nitrogens with two attached hydrogens (primary N) is 1. The zero-order valence-corrected chi connectivity index (χ0v) is 11.1. The molecule has 4 nitrogen and oxygen atoms in total. The first-order chi connectivity index (χ1) is 9.29. The van der Waals surface area contributed by atoms with E-state index in [1.54, 1.807) is 7.11 Å². The molecule has 1 heterocycles. The van der Waals surface area contributed by atoms with Crippen LogP contribution in [0.2, 0.25) is 0 Å². The molecule has 0 amide bonds.